The Bertz CT molecular complexity index is 598. The van der Waals surface area contributed by atoms with Crippen LogP contribution in [0.3, 0.4) is 0 Å². The quantitative estimate of drug-likeness (QED) is 0.867. The molecule has 0 unspecified atom stereocenters. The summed E-state index contributed by atoms with van der Waals surface area (Å²) < 4.78 is 0. The van der Waals surface area contributed by atoms with Crippen LogP contribution >= 0.6 is 0 Å². The number of nitrogens with zero attached hydrogens (tertiary/aromatic N) is 1. The number of hydrogen-bond donors (Lipinski definition) is 2. The van der Waals surface area contributed by atoms with Crippen molar-refractivity contribution in [3.05, 3.63) is 46.8 Å². The zero-order valence-corrected chi connectivity index (χ0v) is 11.0. The molecule has 0 saturated heterocycles. The third-order valence-electron chi connectivity index (χ3n) is 3.58. The Hall–Kier alpha value is -2.10. The number of H-pyrrole nitrogens is 1. The van der Waals surface area contributed by atoms with Crippen molar-refractivity contribution in [2.75, 3.05) is 5.32 Å². The van der Waals surface area contributed by atoms with Crippen LogP contribution in [0.15, 0.2) is 24.3 Å². The smallest absolute Gasteiger partial charge is 0.276 e. The fourth-order valence-corrected chi connectivity index (χ4v) is 2.50. The second-order valence-electron chi connectivity index (χ2n) is 5.06. The molecule has 3 rings (SSSR count). The van der Waals surface area contributed by atoms with Crippen LogP contribution in [0.5, 0.6) is 0 Å². The third kappa shape index (κ3) is 2.38. The molecule has 1 heterocycles. The molecule has 0 radical (unpaired) electrons. The number of hydrogen-bond acceptors (Lipinski definition) is 2. The van der Waals surface area contributed by atoms with Crippen LogP contribution in [-0.4, -0.2) is 16.1 Å². The maximum Gasteiger partial charge on any atom is 0.276 e. The molecule has 0 aliphatic heterocycles. The Morgan fingerprint density at radius 3 is 2.74 bits per heavy atom. The topological polar surface area (TPSA) is 57.8 Å². The van der Waals surface area contributed by atoms with Crippen LogP contribution in [0.25, 0.3) is 0 Å². The second kappa shape index (κ2) is 4.88. The largest absolute Gasteiger partial charge is 0.321 e. The van der Waals surface area contributed by atoms with Crippen molar-refractivity contribution in [3.63, 3.8) is 0 Å². The van der Waals surface area contributed by atoms with Crippen LogP contribution in [0, 0.1) is 6.92 Å². The minimum Gasteiger partial charge on any atom is -0.321 e. The lowest BCUT2D eigenvalue weighted by molar-refractivity contribution is 0.102. The van der Waals surface area contributed by atoms with Gasteiger partial charge in [-0.15, -0.1) is 0 Å². The maximum atomic E-state index is 12.2. The first-order valence-corrected chi connectivity index (χ1v) is 6.68. The molecule has 1 aromatic carbocycles. The molecular weight excluding hydrogens is 238 g/mol. The number of amides is 1. The second-order valence-corrected chi connectivity index (χ2v) is 5.06. The lowest BCUT2D eigenvalue weighted by Gasteiger charge is -2.11. The van der Waals surface area contributed by atoms with E-state index in [9.17, 15) is 4.79 Å². The normalized spacial score (nSPS) is 13.9. The van der Waals surface area contributed by atoms with E-state index < -0.39 is 0 Å². The molecule has 4 nitrogen and oxygen atoms in total. The molecule has 0 spiro atoms. The predicted octanol–water partition coefficient (Wildman–Crippen LogP) is 2.85. The lowest BCUT2D eigenvalue weighted by atomic mass is 9.96. The molecule has 2 N–H and O–H groups in total. The van der Waals surface area contributed by atoms with E-state index in [4.69, 9.17) is 0 Å². The van der Waals surface area contributed by atoms with Gasteiger partial charge in [-0.1, -0.05) is 17.7 Å². The van der Waals surface area contributed by atoms with Gasteiger partial charge in [0.25, 0.3) is 5.91 Å². The molecule has 0 saturated carbocycles. The molecule has 1 aliphatic rings. The first kappa shape index (κ1) is 12.0. The molecule has 0 bridgehead atoms. The number of fused-ring (bicyclic) bond motifs is 1. The average Bonchev–Trinajstić information content (AvgIpc) is 2.85. The highest BCUT2D eigenvalue weighted by atomic mass is 16.1. The van der Waals surface area contributed by atoms with Crippen molar-refractivity contribution in [2.24, 2.45) is 0 Å². The number of aromatic nitrogens is 2. The van der Waals surface area contributed by atoms with Crippen LogP contribution in [0.1, 0.15) is 40.2 Å². The summed E-state index contributed by atoms with van der Waals surface area (Å²) >= 11 is 0. The third-order valence-corrected chi connectivity index (χ3v) is 3.58. The van der Waals surface area contributed by atoms with Crippen molar-refractivity contribution < 1.29 is 4.79 Å². The summed E-state index contributed by atoms with van der Waals surface area (Å²) in [4.78, 5) is 12.2. The van der Waals surface area contributed by atoms with Crippen LogP contribution in [-0.2, 0) is 12.8 Å². The highest BCUT2D eigenvalue weighted by molar-refractivity contribution is 6.04. The maximum absolute atomic E-state index is 12.2. The standard InChI is InChI=1S/C15H17N3O/c1-10-6-8-11(9-7-10)16-15(19)14-12-4-2-3-5-13(12)17-18-14/h6-9H,2-5H2,1H3,(H,16,19)(H,17,18). The lowest BCUT2D eigenvalue weighted by Crippen LogP contribution is -2.15. The molecule has 4 heteroatoms. The van der Waals surface area contributed by atoms with Gasteiger partial charge in [0.05, 0.1) is 0 Å². The number of carbonyl (C=O) groups excluding carboxylic acids is 1. The molecule has 0 atom stereocenters. The highest BCUT2D eigenvalue weighted by Crippen LogP contribution is 2.22. The molecule has 98 valence electrons. The van der Waals surface area contributed by atoms with E-state index in [0.29, 0.717) is 5.69 Å². The summed E-state index contributed by atoms with van der Waals surface area (Å²) in [6, 6.07) is 7.78. The molecule has 19 heavy (non-hydrogen) atoms. The van der Waals surface area contributed by atoms with Crippen molar-refractivity contribution in [1.82, 2.24) is 10.2 Å². The predicted molar refractivity (Wildman–Crippen MR) is 74.4 cm³/mol. The summed E-state index contributed by atoms with van der Waals surface area (Å²) in [6.07, 6.45) is 4.26. The summed E-state index contributed by atoms with van der Waals surface area (Å²) in [7, 11) is 0. The zero-order chi connectivity index (χ0) is 13.2. The van der Waals surface area contributed by atoms with E-state index in [1.165, 1.54) is 12.0 Å². The fourth-order valence-electron chi connectivity index (χ4n) is 2.50. The van der Waals surface area contributed by atoms with E-state index >= 15 is 0 Å². The van der Waals surface area contributed by atoms with Gasteiger partial charge in [0.15, 0.2) is 5.69 Å². The Morgan fingerprint density at radius 2 is 1.95 bits per heavy atom. The van der Waals surface area contributed by atoms with Crippen molar-refractivity contribution in [3.8, 4) is 0 Å². The van der Waals surface area contributed by atoms with Gasteiger partial charge in [0.2, 0.25) is 0 Å². The number of carbonyl (C=O) groups is 1. The molecule has 0 fully saturated rings. The van der Waals surface area contributed by atoms with Gasteiger partial charge in [-0.25, -0.2) is 0 Å². The van der Waals surface area contributed by atoms with E-state index in [0.717, 1.165) is 36.2 Å². The van der Waals surface area contributed by atoms with Crippen molar-refractivity contribution in [2.45, 2.75) is 32.6 Å². The van der Waals surface area contributed by atoms with Crippen LogP contribution in [0.4, 0.5) is 5.69 Å². The Morgan fingerprint density at radius 1 is 1.21 bits per heavy atom. The monoisotopic (exact) mass is 255 g/mol. The Balaban J connectivity index is 1.80. The Labute approximate surface area is 112 Å². The number of anilines is 1. The van der Waals surface area contributed by atoms with Gasteiger partial charge in [0.1, 0.15) is 0 Å². The molecule has 2 aromatic rings. The molecule has 1 aromatic heterocycles. The van der Waals surface area contributed by atoms with E-state index in [1.807, 2.05) is 31.2 Å². The van der Waals surface area contributed by atoms with E-state index in [1.54, 1.807) is 0 Å². The van der Waals surface area contributed by atoms with Crippen molar-refractivity contribution >= 4 is 11.6 Å². The van der Waals surface area contributed by atoms with Gasteiger partial charge in [-0.3, -0.25) is 9.89 Å². The molecular formula is C15H17N3O. The average molecular weight is 255 g/mol. The number of rotatable bonds is 2. The summed E-state index contributed by atoms with van der Waals surface area (Å²) in [5, 5.41) is 10.1. The first-order chi connectivity index (χ1) is 9.24. The van der Waals surface area contributed by atoms with Crippen LogP contribution < -0.4 is 5.32 Å². The minimum atomic E-state index is -0.122. The fraction of sp³-hybridized carbons (Fsp3) is 0.333. The molecule has 1 aliphatic carbocycles. The number of benzene rings is 1. The Kier molecular flexibility index (Phi) is 3.07. The SMILES string of the molecule is Cc1ccc(NC(=O)c2n[nH]c3c2CCCC3)cc1. The highest BCUT2D eigenvalue weighted by Gasteiger charge is 2.21. The van der Waals surface area contributed by atoms with Gasteiger partial charge < -0.3 is 5.32 Å². The number of nitrogens with one attached hydrogen (secondary N) is 2. The summed E-state index contributed by atoms with van der Waals surface area (Å²) in [6.45, 7) is 2.02. The zero-order valence-electron chi connectivity index (χ0n) is 11.0. The molecule has 1 amide bonds. The summed E-state index contributed by atoms with van der Waals surface area (Å²) in [5.41, 5.74) is 4.75. The van der Waals surface area contributed by atoms with Crippen LogP contribution in [0.2, 0.25) is 0 Å². The van der Waals surface area contributed by atoms with Gasteiger partial charge in [-0.05, 0) is 44.7 Å². The van der Waals surface area contributed by atoms with Gasteiger partial charge >= 0.3 is 0 Å². The van der Waals surface area contributed by atoms with E-state index in [-0.39, 0.29) is 5.91 Å². The first-order valence-electron chi connectivity index (χ1n) is 6.68. The van der Waals surface area contributed by atoms with Gasteiger partial charge in [0, 0.05) is 16.9 Å². The van der Waals surface area contributed by atoms with Crippen molar-refractivity contribution in [1.29, 1.82) is 0 Å². The number of aromatic amines is 1. The van der Waals surface area contributed by atoms with E-state index in [2.05, 4.69) is 15.5 Å². The number of aryl methyl sites for hydroxylation is 2. The summed E-state index contributed by atoms with van der Waals surface area (Å²) in [5.74, 6) is -0.122. The van der Waals surface area contributed by atoms with Gasteiger partial charge in [-0.2, -0.15) is 5.10 Å². The minimum absolute atomic E-state index is 0.122.